The molecule has 1 saturated heterocycles. The van der Waals surface area contributed by atoms with Gasteiger partial charge in [-0.25, -0.2) is 0 Å². The third kappa shape index (κ3) is 4.18. The van der Waals surface area contributed by atoms with E-state index in [0.717, 1.165) is 42.3 Å². The normalized spacial score (nSPS) is 15.6. The lowest BCUT2D eigenvalue weighted by atomic mass is 10.00. The average Bonchev–Trinajstić information content (AvgIpc) is 3.42. The number of aromatic nitrogens is 5. The van der Waals surface area contributed by atoms with Crippen LogP contribution >= 0.6 is 11.8 Å². The van der Waals surface area contributed by atoms with Crippen molar-refractivity contribution in [1.29, 1.82) is 0 Å². The Bertz CT molecular complexity index is 851. The van der Waals surface area contributed by atoms with E-state index in [1.54, 1.807) is 18.0 Å². The molecule has 4 heterocycles. The number of nitrogens with zero attached hydrogens (tertiary/aromatic N) is 6. The number of piperidine rings is 1. The van der Waals surface area contributed by atoms with Gasteiger partial charge in [0.05, 0.1) is 18.6 Å². The third-order valence-electron chi connectivity index (χ3n) is 4.79. The Hall–Kier alpha value is -2.29. The molecule has 27 heavy (non-hydrogen) atoms. The fourth-order valence-electron chi connectivity index (χ4n) is 3.14. The highest BCUT2D eigenvalue weighted by molar-refractivity contribution is 7.98. The second-order valence-corrected chi connectivity index (χ2v) is 7.79. The van der Waals surface area contributed by atoms with Gasteiger partial charge < -0.3 is 13.7 Å². The summed E-state index contributed by atoms with van der Waals surface area (Å²) in [5, 5.41) is 17.9. The Morgan fingerprint density at radius 3 is 2.67 bits per heavy atom. The van der Waals surface area contributed by atoms with Gasteiger partial charge in [0.15, 0.2) is 5.16 Å². The highest BCUT2D eigenvalue weighted by atomic mass is 32.2. The van der Waals surface area contributed by atoms with E-state index in [0.29, 0.717) is 24.1 Å². The molecule has 0 amide bonds. The maximum atomic E-state index is 5.61. The molecule has 3 aromatic rings. The lowest BCUT2D eigenvalue weighted by molar-refractivity contribution is 0.427. The van der Waals surface area contributed by atoms with Crippen molar-refractivity contribution in [2.75, 3.05) is 18.0 Å². The number of aryl methyl sites for hydroxylation is 1. The van der Waals surface area contributed by atoms with E-state index in [4.69, 9.17) is 8.83 Å². The van der Waals surface area contributed by atoms with Gasteiger partial charge in [-0.15, -0.1) is 20.4 Å². The van der Waals surface area contributed by atoms with Crippen molar-refractivity contribution in [3.63, 3.8) is 0 Å². The number of hydrogen-bond acceptors (Lipinski definition) is 8. The van der Waals surface area contributed by atoms with Gasteiger partial charge >= 0.3 is 0 Å². The van der Waals surface area contributed by atoms with Gasteiger partial charge in [0.2, 0.25) is 17.7 Å². The van der Waals surface area contributed by atoms with Crippen LogP contribution in [-0.2, 0) is 18.7 Å². The molecule has 8 nitrogen and oxygen atoms in total. The largest absolute Gasteiger partial charge is 0.467 e. The lowest BCUT2D eigenvalue weighted by Gasteiger charge is -2.31. The first-order chi connectivity index (χ1) is 13.2. The van der Waals surface area contributed by atoms with Crippen LogP contribution in [-0.4, -0.2) is 38.1 Å². The van der Waals surface area contributed by atoms with Crippen LogP contribution in [0.15, 0.2) is 32.4 Å². The maximum absolute atomic E-state index is 5.61. The van der Waals surface area contributed by atoms with Gasteiger partial charge in [0.25, 0.3) is 0 Å². The monoisotopic (exact) mass is 388 g/mol. The minimum atomic E-state index is 0.570. The molecule has 0 N–H and O–H groups in total. The zero-order chi connectivity index (χ0) is 18.6. The summed E-state index contributed by atoms with van der Waals surface area (Å²) in [6, 6.07) is 3.88. The van der Waals surface area contributed by atoms with Gasteiger partial charge in [-0.1, -0.05) is 25.6 Å². The Morgan fingerprint density at radius 2 is 1.96 bits per heavy atom. The Balaban J connectivity index is 1.54. The zero-order valence-electron chi connectivity index (χ0n) is 15.7. The van der Waals surface area contributed by atoms with Crippen LogP contribution in [0.25, 0.3) is 0 Å². The van der Waals surface area contributed by atoms with Gasteiger partial charge in [0, 0.05) is 19.5 Å². The summed E-state index contributed by atoms with van der Waals surface area (Å²) < 4.78 is 13.3. The Labute approximate surface area is 162 Å². The van der Waals surface area contributed by atoms with Crippen LogP contribution in [0.4, 0.5) is 5.95 Å². The van der Waals surface area contributed by atoms with E-state index in [1.165, 1.54) is 12.8 Å². The van der Waals surface area contributed by atoms with Crippen LogP contribution in [0.5, 0.6) is 0 Å². The van der Waals surface area contributed by atoms with Crippen LogP contribution in [0.1, 0.15) is 44.2 Å². The first-order valence-electron chi connectivity index (χ1n) is 9.37. The summed E-state index contributed by atoms with van der Waals surface area (Å²) in [5.74, 6) is 4.39. The molecule has 0 radical (unpaired) electrons. The van der Waals surface area contributed by atoms with Crippen molar-refractivity contribution in [2.45, 2.75) is 50.6 Å². The van der Waals surface area contributed by atoms with Gasteiger partial charge in [-0.3, -0.25) is 4.57 Å². The molecule has 0 unspecified atom stereocenters. The summed E-state index contributed by atoms with van der Waals surface area (Å²) in [6.07, 6.45) is 4.79. The van der Waals surface area contributed by atoms with Crippen molar-refractivity contribution in [1.82, 2.24) is 25.0 Å². The predicted octanol–water partition coefficient (Wildman–Crippen LogP) is 3.39. The number of hydrogen-bond donors (Lipinski definition) is 0. The molecule has 1 aliphatic heterocycles. The van der Waals surface area contributed by atoms with Gasteiger partial charge in [0.1, 0.15) is 5.76 Å². The fourth-order valence-corrected chi connectivity index (χ4v) is 3.91. The summed E-state index contributed by atoms with van der Waals surface area (Å²) in [4.78, 5) is 2.32. The van der Waals surface area contributed by atoms with Crippen LogP contribution < -0.4 is 4.90 Å². The molecule has 0 aliphatic carbocycles. The Morgan fingerprint density at radius 1 is 1.15 bits per heavy atom. The van der Waals surface area contributed by atoms with E-state index >= 15 is 0 Å². The first kappa shape index (κ1) is 18.1. The molecule has 9 heteroatoms. The van der Waals surface area contributed by atoms with Gasteiger partial charge in [-0.05, 0) is 30.9 Å². The molecule has 4 rings (SSSR count). The van der Waals surface area contributed by atoms with Crippen LogP contribution in [0.3, 0.4) is 0 Å². The van der Waals surface area contributed by atoms with E-state index in [2.05, 4.69) is 36.8 Å². The summed E-state index contributed by atoms with van der Waals surface area (Å²) in [5.41, 5.74) is 0. The SMILES string of the molecule is CCc1nnc(CSc2nnc(N3CCC(C)CC3)n2Cc2ccco2)o1. The van der Waals surface area contributed by atoms with E-state index < -0.39 is 0 Å². The molecule has 1 fully saturated rings. The Kier molecular flexibility index (Phi) is 5.47. The molecule has 0 bridgehead atoms. The predicted molar refractivity (Wildman–Crippen MR) is 102 cm³/mol. The molecule has 0 saturated carbocycles. The van der Waals surface area contributed by atoms with Crippen molar-refractivity contribution in [3.05, 3.63) is 35.9 Å². The van der Waals surface area contributed by atoms with Crippen LogP contribution in [0.2, 0.25) is 0 Å². The van der Waals surface area contributed by atoms with Crippen molar-refractivity contribution < 1.29 is 8.83 Å². The number of anilines is 1. The smallest absolute Gasteiger partial charge is 0.228 e. The lowest BCUT2D eigenvalue weighted by Crippen LogP contribution is -2.35. The molecule has 0 aromatic carbocycles. The quantitative estimate of drug-likeness (QED) is 0.569. The second-order valence-electron chi connectivity index (χ2n) is 6.85. The standard InChI is InChI=1S/C18H24N6O2S/c1-3-15-19-20-16(26-15)12-27-18-22-21-17(23-8-6-13(2)7-9-23)24(18)11-14-5-4-10-25-14/h4-5,10,13H,3,6-9,11-12H2,1-2H3. The van der Waals surface area contributed by atoms with E-state index in [-0.39, 0.29) is 0 Å². The minimum absolute atomic E-state index is 0.570. The average molecular weight is 388 g/mol. The third-order valence-corrected chi connectivity index (χ3v) is 5.75. The second kappa shape index (κ2) is 8.16. The van der Waals surface area contributed by atoms with E-state index in [9.17, 15) is 0 Å². The fraction of sp³-hybridized carbons (Fsp3) is 0.556. The maximum Gasteiger partial charge on any atom is 0.228 e. The molecule has 0 atom stereocenters. The van der Waals surface area contributed by atoms with Crippen molar-refractivity contribution >= 4 is 17.7 Å². The molecule has 0 spiro atoms. The molecule has 1 aliphatic rings. The van der Waals surface area contributed by atoms with Gasteiger partial charge in [-0.2, -0.15) is 0 Å². The number of rotatable bonds is 7. The minimum Gasteiger partial charge on any atom is -0.467 e. The topological polar surface area (TPSA) is 86.0 Å². The zero-order valence-corrected chi connectivity index (χ0v) is 16.5. The van der Waals surface area contributed by atoms with E-state index in [1.807, 2.05) is 19.1 Å². The molecule has 3 aromatic heterocycles. The molecular weight excluding hydrogens is 364 g/mol. The number of furan rings is 1. The summed E-state index contributed by atoms with van der Waals surface area (Å²) in [7, 11) is 0. The molecule has 144 valence electrons. The summed E-state index contributed by atoms with van der Waals surface area (Å²) in [6.45, 7) is 6.92. The summed E-state index contributed by atoms with van der Waals surface area (Å²) >= 11 is 1.56. The first-order valence-corrected chi connectivity index (χ1v) is 10.4. The van der Waals surface area contributed by atoms with Crippen molar-refractivity contribution in [2.24, 2.45) is 5.92 Å². The van der Waals surface area contributed by atoms with Crippen LogP contribution in [0, 0.1) is 5.92 Å². The highest BCUT2D eigenvalue weighted by Crippen LogP contribution is 2.28. The molecular formula is C18H24N6O2S. The number of thioether (sulfide) groups is 1. The van der Waals surface area contributed by atoms with Crippen molar-refractivity contribution in [3.8, 4) is 0 Å². The highest BCUT2D eigenvalue weighted by Gasteiger charge is 2.23.